The zero-order chi connectivity index (χ0) is 20.0. The van der Waals surface area contributed by atoms with Crippen LogP contribution in [0.25, 0.3) is 0 Å². The molecule has 0 radical (unpaired) electrons. The van der Waals surface area contributed by atoms with Crippen LogP contribution >= 0.6 is 0 Å². The Hall–Kier alpha value is -1.61. The average Bonchev–Trinajstić information content (AvgIpc) is 2.68. The van der Waals surface area contributed by atoms with E-state index in [-0.39, 0.29) is 18.7 Å². The van der Waals surface area contributed by atoms with Crippen LogP contribution in [0.4, 0.5) is 0 Å². The molecule has 0 bridgehead atoms. The molecule has 1 N–H and O–H groups in total. The van der Waals surface area contributed by atoms with Crippen molar-refractivity contribution in [2.24, 2.45) is 0 Å². The number of esters is 1. The summed E-state index contributed by atoms with van der Waals surface area (Å²) in [5.74, 6) is -0.185. The van der Waals surface area contributed by atoms with Crippen molar-refractivity contribution in [3.63, 3.8) is 0 Å². The van der Waals surface area contributed by atoms with E-state index < -0.39 is 0 Å². The monoisotopic (exact) mass is 376 g/mol. The van der Waals surface area contributed by atoms with Crippen molar-refractivity contribution >= 4 is 5.97 Å². The fraction of sp³-hybridized carbons (Fsp3) is 0.625. The molecule has 0 aliphatic heterocycles. The van der Waals surface area contributed by atoms with Crippen LogP contribution in [0.2, 0.25) is 0 Å². The van der Waals surface area contributed by atoms with E-state index in [0.717, 1.165) is 57.8 Å². The minimum Gasteiger partial charge on any atom is -0.460 e. The summed E-state index contributed by atoms with van der Waals surface area (Å²) in [6.45, 7) is 3.97. The van der Waals surface area contributed by atoms with E-state index in [4.69, 9.17) is 9.84 Å². The first-order valence-corrected chi connectivity index (χ1v) is 10.6. The Labute approximate surface area is 166 Å². The van der Waals surface area contributed by atoms with Gasteiger partial charge in [-0.05, 0) is 51.4 Å². The fourth-order valence-corrected chi connectivity index (χ4v) is 2.48. The maximum absolute atomic E-state index is 11.6. The molecule has 0 saturated carbocycles. The van der Waals surface area contributed by atoms with Crippen molar-refractivity contribution in [2.75, 3.05) is 6.61 Å². The number of carbonyl (C=O) groups excluding carboxylic acids is 1. The molecule has 0 fully saturated rings. The minimum absolute atomic E-state index is 0.0862. The lowest BCUT2D eigenvalue weighted by Gasteiger charge is -2.12. The van der Waals surface area contributed by atoms with Crippen LogP contribution in [-0.4, -0.2) is 23.8 Å². The van der Waals surface area contributed by atoms with E-state index >= 15 is 0 Å². The number of aliphatic hydroxyl groups excluding tert-OH is 1. The van der Waals surface area contributed by atoms with Crippen molar-refractivity contribution in [1.82, 2.24) is 0 Å². The van der Waals surface area contributed by atoms with Gasteiger partial charge in [0.2, 0.25) is 0 Å². The Balaban J connectivity index is 3.46. The molecule has 3 nitrogen and oxygen atoms in total. The molecular formula is C24H40O3. The molecule has 0 heterocycles. The van der Waals surface area contributed by atoms with Gasteiger partial charge in [-0.25, -0.2) is 0 Å². The summed E-state index contributed by atoms with van der Waals surface area (Å²) < 4.78 is 5.16. The van der Waals surface area contributed by atoms with Gasteiger partial charge in [-0.3, -0.25) is 4.79 Å². The maximum Gasteiger partial charge on any atom is 0.306 e. The Bertz CT molecular complexity index is 443. The number of allylic oxidation sites excluding steroid dienone is 8. The second-order valence-electron chi connectivity index (χ2n) is 6.66. The molecule has 0 rings (SSSR count). The van der Waals surface area contributed by atoms with Crippen LogP contribution in [0.15, 0.2) is 48.6 Å². The van der Waals surface area contributed by atoms with E-state index in [0.29, 0.717) is 12.8 Å². The first-order valence-electron chi connectivity index (χ1n) is 10.6. The Morgan fingerprint density at radius 3 is 1.93 bits per heavy atom. The zero-order valence-corrected chi connectivity index (χ0v) is 17.4. The van der Waals surface area contributed by atoms with Crippen molar-refractivity contribution < 1.29 is 14.6 Å². The molecule has 0 spiro atoms. The molecule has 1 atom stereocenters. The van der Waals surface area contributed by atoms with Crippen LogP contribution < -0.4 is 0 Å². The summed E-state index contributed by atoms with van der Waals surface area (Å²) in [5.41, 5.74) is 0. The van der Waals surface area contributed by atoms with Crippen molar-refractivity contribution in [2.45, 2.75) is 90.6 Å². The SMILES string of the molecule is CC/C=C\C/C=C\C/C=C\C/C=C\CCCCCCC(=O)OC(CC)CO. The van der Waals surface area contributed by atoms with Gasteiger partial charge in [0.15, 0.2) is 0 Å². The fourth-order valence-electron chi connectivity index (χ4n) is 2.48. The standard InChI is InChI=1S/C24H40O3/c1-3-5-6-7-8-9-10-11-12-13-14-15-16-17-18-19-20-21-24(26)27-23(4-2)22-25/h5-6,8-9,11-12,14-15,23,25H,3-4,7,10,13,16-22H2,1-2H3/b6-5-,9-8-,12-11-,15-14-. The van der Waals surface area contributed by atoms with Gasteiger partial charge in [0.25, 0.3) is 0 Å². The van der Waals surface area contributed by atoms with E-state index in [1.807, 2.05) is 6.92 Å². The second kappa shape index (κ2) is 20.7. The molecule has 3 heteroatoms. The van der Waals surface area contributed by atoms with Gasteiger partial charge < -0.3 is 9.84 Å². The molecule has 27 heavy (non-hydrogen) atoms. The average molecular weight is 377 g/mol. The van der Waals surface area contributed by atoms with E-state index in [9.17, 15) is 4.79 Å². The van der Waals surface area contributed by atoms with Crippen LogP contribution in [0.3, 0.4) is 0 Å². The molecule has 0 aromatic heterocycles. The van der Waals surface area contributed by atoms with Crippen LogP contribution in [-0.2, 0) is 9.53 Å². The van der Waals surface area contributed by atoms with Gasteiger partial charge in [0, 0.05) is 6.42 Å². The maximum atomic E-state index is 11.6. The van der Waals surface area contributed by atoms with Crippen molar-refractivity contribution in [3.05, 3.63) is 48.6 Å². The number of hydrogen-bond acceptors (Lipinski definition) is 3. The number of aliphatic hydroxyl groups is 1. The van der Waals surface area contributed by atoms with Crippen LogP contribution in [0.1, 0.15) is 84.5 Å². The quantitative estimate of drug-likeness (QED) is 0.180. The predicted octanol–water partition coefficient (Wildman–Crippen LogP) is 6.45. The number of rotatable bonds is 17. The third kappa shape index (κ3) is 19.0. The van der Waals surface area contributed by atoms with Gasteiger partial charge >= 0.3 is 5.97 Å². The molecule has 0 aliphatic rings. The first kappa shape index (κ1) is 25.4. The molecule has 154 valence electrons. The summed E-state index contributed by atoms with van der Waals surface area (Å²) in [6.07, 6.45) is 28.0. The summed E-state index contributed by atoms with van der Waals surface area (Å²) in [4.78, 5) is 11.6. The van der Waals surface area contributed by atoms with Gasteiger partial charge in [-0.2, -0.15) is 0 Å². The second-order valence-corrected chi connectivity index (χ2v) is 6.66. The Morgan fingerprint density at radius 1 is 0.815 bits per heavy atom. The van der Waals surface area contributed by atoms with Crippen LogP contribution in [0.5, 0.6) is 0 Å². The highest BCUT2D eigenvalue weighted by atomic mass is 16.5. The lowest BCUT2D eigenvalue weighted by Crippen LogP contribution is -2.20. The lowest BCUT2D eigenvalue weighted by atomic mass is 10.1. The molecule has 0 saturated heterocycles. The Morgan fingerprint density at radius 2 is 1.37 bits per heavy atom. The summed E-state index contributed by atoms with van der Waals surface area (Å²) in [6, 6.07) is 0. The highest BCUT2D eigenvalue weighted by Gasteiger charge is 2.10. The molecule has 0 aromatic carbocycles. The van der Waals surface area contributed by atoms with Gasteiger partial charge in [-0.15, -0.1) is 0 Å². The molecule has 0 aromatic rings. The molecule has 0 aliphatic carbocycles. The van der Waals surface area contributed by atoms with Crippen LogP contribution in [0, 0.1) is 0 Å². The normalized spacial score (nSPS) is 13.4. The summed E-state index contributed by atoms with van der Waals surface area (Å²) in [5, 5.41) is 9.00. The predicted molar refractivity (Wildman–Crippen MR) is 116 cm³/mol. The molecule has 0 amide bonds. The van der Waals surface area contributed by atoms with E-state index in [2.05, 4.69) is 55.5 Å². The highest BCUT2D eigenvalue weighted by molar-refractivity contribution is 5.69. The molecule has 1 unspecified atom stereocenters. The molecular weight excluding hydrogens is 336 g/mol. The van der Waals surface area contributed by atoms with Gasteiger partial charge in [0.05, 0.1) is 6.61 Å². The van der Waals surface area contributed by atoms with Crippen molar-refractivity contribution in [1.29, 1.82) is 0 Å². The summed E-state index contributed by atoms with van der Waals surface area (Å²) >= 11 is 0. The first-order chi connectivity index (χ1) is 13.2. The third-order valence-electron chi connectivity index (χ3n) is 4.18. The third-order valence-corrected chi connectivity index (χ3v) is 4.18. The minimum atomic E-state index is -0.337. The number of unbranched alkanes of at least 4 members (excludes halogenated alkanes) is 4. The number of ether oxygens (including phenoxy) is 1. The zero-order valence-electron chi connectivity index (χ0n) is 17.4. The largest absolute Gasteiger partial charge is 0.460 e. The summed E-state index contributed by atoms with van der Waals surface area (Å²) in [7, 11) is 0. The highest BCUT2D eigenvalue weighted by Crippen LogP contribution is 2.08. The van der Waals surface area contributed by atoms with Crippen molar-refractivity contribution in [3.8, 4) is 0 Å². The van der Waals surface area contributed by atoms with Gasteiger partial charge in [0.1, 0.15) is 6.10 Å². The number of carbonyl (C=O) groups is 1. The lowest BCUT2D eigenvalue weighted by molar-refractivity contribution is -0.151. The van der Waals surface area contributed by atoms with Gasteiger partial charge in [-0.1, -0.05) is 75.3 Å². The topological polar surface area (TPSA) is 46.5 Å². The van der Waals surface area contributed by atoms with E-state index in [1.54, 1.807) is 0 Å². The Kier molecular flexibility index (Phi) is 19.5. The number of hydrogen-bond donors (Lipinski definition) is 1. The van der Waals surface area contributed by atoms with E-state index in [1.165, 1.54) is 0 Å². The smallest absolute Gasteiger partial charge is 0.306 e.